The molecule has 38 heavy (non-hydrogen) atoms. The first-order valence-corrected chi connectivity index (χ1v) is 13.4. The van der Waals surface area contributed by atoms with Gasteiger partial charge in [0.2, 0.25) is 5.95 Å². The molecule has 0 unspecified atom stereocenters. The molecule has 1 heterocycles. The normalized spacial score (nSPS) is 17.2. The first-order valence-electron chi connectivity index (χ1n) is 13.4. The molecule has 3 aromatic carbocycles. The molecule has 1 aliphatic rings. The summed E-state index contributed by atoms with van der Waals surface area (Å²) < 4.78 is 0. The number of nitrogens with zero attached hydrogens (tertiary/aromatic N) is 3. The predicted octanol–water partition coefficient (Wildman–Crippen LogP) is 5.76. The molecule has 0 saturated heterocycles. The minimum absolute atomic E-state index is 0.135. The van der Waals surface area contributed by atoms with E-state index in [1.54, 1.807) is 0 Å². The molecule has 7 nitrogen and oxygen atoms in total. The van der Waals surface area contributed by atoms with Crippen molar-refractivity contribution < 1.29 is 4.79 Å². The van der Waals surface area contributed by atoms with Gasteiger partial charge in [0.05, 0.1) is 11.6 Å². The molecule has 0 bridgehead atoms. The number of benzene rings is 3. The van der Waals surface area contributed by atoms with E-state index in [0.717, 1.165) is 53.5 Å². The van der Waals surface area contributed by atoms with E-state index in [0.29, 0.717) is 24.5 Å². The molecule has 5 rings (SSSR count). The fourth-order valence-corrected chi connectivity index (χ4v) is 5.23. The topological polar surface area (TPSA) is 82.2 Å². The van der Waals surface area contributed by atoms with Gasteiger partial charge in [0, 0.05) is 32.1 Å². The zero-order valence-corrected chi connectivity index (χ0v) is 22.1. The third-order valence-electron chi connectivity index (χ3n) is 7.28. The minimum atomic E-state index is -0.189. The van der Waals surface area contributed by atoms with Crippen LogP contribution in [0.15, 0.2) is 84.9 Å². The fraction of sp³-hybridized carbons (Fsp3) is 0.323. The number of carbonyl (C=O) groups excluding carboxylic acids is 1. The first kappa shape index (κ1) is 25.5. The molecule has 1 fully saturated rings. The SMILES string of the molecule is CN(C)c1nc(N[C@H]2CC[C@@H](CNC(=O)NC(c3ccccc3)c3ccccc3)CC2)nc2ccccc12. The van der Waals surface area contributed by atoms with Gasteiger partial charge in [-0.3, -0.25) is 0 Å². The maximum Gasteiger partial charge on any atom is 0.315 e. The van der Waals surface area contributed by atoms with E-state index in [9.17, 15) is 4.79 Å². The zero-order valence-electron chi connectivity index (χ0n) is 22.1. The summed E-state index contributed by atoms with van der Waals surface area (Å²) in [6.07, 6.45) is 4.15. The van der Waals surface area contributed by atoms with Gasteiger partial charge in [-0.2, -0.15) is 4.98 Å². The Kier molecular flexibility index (Phi) is 8.02. The Morgan fingerprint density at radius 2 is 1.45 bits per heavy atom. The van der Waals surface area contributed by atoms with Crippen LogP contribution in [0.5, 0.6) is 0 Å². The van der Waals surface area contributed by atoms with Crippen LogP contribution in [0.2, 0.25) is 0 Å². The van der Waals surface area contributed by atoms with Crippen LogP contribution >= 0.6 is 0 Å². The van der Waals surface area contributed by atoms with Crippen LogP contribution < -0.4 is 20.9 Å². The number of carbonyl (C=O) groups is 1. The highest BCUT2D eigenvalue weighted by Gasteiger charge is 2.23. The molecule has 2 amide bonds. The lowest BCUT2D eigenvalue weighted by molar-refractivity contribution is 0.233. The lowest BCUT2D eigenvalue weighted by Gasteiger charge is -2.30. The van der Waals surface area contributed by atoms with Gasteiger partial charge in [-0.1, -0.05) is 72.8 Å². The van der Waals surface area contributed by atoms with E-state index in [4.69, 9.17) is 9.97 Å². The van der Waals surface area contributed by atoms with Crippen LogP contribution in [0, 0.1) is 5.92 Å². The van der Waals surface area contributed by atoms with Crippen molar-refractivity contribution in [3.63, 3.8) is 0 Å². The fourth-order valence-electron chi connectivity index (χ4n) is 5.23. The summed E-state index contributed by atoms with van der Waals surface area (Å²) in [4.78, 5) is 24.5. The summed E-state index contributed by atoms with van der Waals surface area (Å²) in [6.45, 7) is 0.673. The summed E-state index contributed by atoms with van der Waals surface area (Å²) in [6, 6.07) is 28.3. The lowest BCUT2D eigenvalue weighted by atomic mass is 9.86. The molecule has 0 radical (unpaired) electrons. The van der Waals surface area contributed by atoms with Crippen molar-refractivity contribution in [3.8, 4) is 0 Å². The molecule has 0 aliphatic heterocycles. The van der Waals surface area contributed by atoms with Crippen LogP contribution in [-0.2, 0) is 0 Å². The van der Waals surface area contributed by atoms with Gasteiger partial charge in [-0.15, -0.1) is 0 Å². The van der Waals surface area contributed by atoms with Gasteiger partial charge < -0.3 is 20.9 Å². The Hall–Kier alpha value is -4.13. The average molecular weight is 509 g/mol. The van der Waals surface area contributed by atoms with Crippen LogP contribution in [0.25, 0.3) is 10.9 Å². The molecule has 0 spiro atoms. The molecule has 1 saturated carbocycles. The van der Waals surface area contributed by atoms with Crippen molar-refractivity contribution in [3.05, 3.63) is 96.1 Å². The molecule has 4 aromatic rings. The average Bonchev–Trinajstić information content (AvgIpc) is 2.96. The number of hydrogen-bond acceptors (Lipinski definition) is 5. The van der Waals surface area contributed by atoms with E-state index in [1.807, 2.05) is 97.9 Å². The Balaban J connectivity index is 1.14. The largest absolute Gasteiger partial charge is 0.362 e. The van der Waals surface area contributed by atoms with E-state index in [1.165, 1.54) is 0 Å². The summed E-state index contributed by atoms with van der Waals surface area (Å²) in [5.74, 6) is 2.06. The quantitative estimate of drug-likeness (QED) is 0.282. The highest BCUT2D eigenvalue weighted by Crippen LogP contribution is 2.28. The van der Waals surface area contributed by atoms with Crippen LogP contribution in [0.3, 0.4) is 0 Å². The second kappa shape index (κ2) is 11.9. The Bertz CT molecular complexity index is 1300. The number of nitrogens with one attached hydrogen (secondary N) is 3. The van der Waals surface area contributed by atoms with Crippen LogP contribution in [0.1, 0.15) is 42.9 Å². The molecular weight excluding hydrogens is 472 g/mol. The highest BCUT2D eigenvalue weighted by molar-refractivity contribution is 5.90. The summed E-state index contributed by atoms with van der Waals surface area (Å²) in [5.41, 5.74) is 3.07. The van der Waals surface area contributed by atoms with Crippen molar-refractivity contribution >= 4 is 28.7 Å². The highest BCUT2D eigenvalue weighted by atomic mass is 16.2. The van der Waals surface area contributed by atoms with Gasteiger partial charge >= 0.3 is 6.03 Å². The van der Waals surface area contributed by atoms with Crippen molar-refractivity contribution in [2.45, 2.75) is 37.8 Å². The molecular formula is C31H36N6O. The van der Waals surface area contributed by atoms with Crippen molar-refractivity contribution in [1.29, 1.82) is 0 Å². The molecule has 0 atom stereocenters. The Morgan fingerprint density at radius 3 is 2.08 bits per heavy atom. The summed E-state index contributed by atoms with van der Waals surface area (Å²) in [7, 11) is 4.02. The molecule has 196 valence electrons. The van der Waals surface area contributed by atoms with E-state index >= 15 is 0 Å². The van der Waals surface area contributed by atoms with Gasteiger partial charge in [0.25, 0.3) is 0 Å². The van der Waals surface area contributed by atoms with Crippen molar-refractivity contribution in [1.82, 2.24) is 20.6 Å². The third-order valence-corrected chi connectivity index (χ3v) is 7.28. The smallest absolute Gasteiger partial charge is 0.315 e. The zero-order chi connectivity index (χ0) is 26.3. The monoisotopic (exact) mass is 508 g/mol. The standard InChI is InChI=1S/C31H36N6O/c1-37(2)29-26-15-9-10-16-27(26)34-30(36-29)33-25-19-17-22(18-20-25)21-32-31(38)35-28(23-11-5-3-6-12-23)24-13-7-4-8-14-24/h3-16,22,25,28H,17-21H2,1-2H3,(H2,32,35,38)(H,33,34,36)/t22-,25+. The predicted molar refractivity (Wildman–Crippen MR) is 154 cm³/mol. The number of amides is 2. The van der Waals surface area contributed by atoms with Gasteiger partial charge in [0.1, 0.15) is 5.82 Å². The van der Waals surface area contributed by atoms with E-state index in [2.05, 4.69) is 22.0 Å². The number of anilines is 2. The van der Waals surface area contributed by atoms with E-state index < -0.39 is 0 Å². The first-order chi connectivity index (χ1) is 18.6. The molecule has 7 heteroatoms. The van der Waals surface area contributed by atoms with E-state index in [-0.39, 0.29) is 12.1 Å². The minimum Gasteiger partial charge on any atom is -0.362 e. The molecule has 1 aromatic heterocycles. The third kappa shape index (κ3) is 6.22. The lowest BCUT2D eigenvalue weighted by Crippen LogP contribution is -2.41. The second-order valence-electron chi connectivity index (χ2n) is 10.3. The number of para-hydroxylation sites is 1. The maximum atomic E-state index is 12.9. The van der Waals surface area contributed by atoms with Gasteiger partial charge in [-0.05, 0) is 54.9 Å². The number of fused-ring (bicyclic) bond motifs is 1. The number of hydrogen-bond donors (Lipinski definition) is 3. The molecule has 1 aliphatic carbocycles. The Labute approximate surface area is 224 Å². The summed E-state index contributed by atoms with van der Waals surface area (Å²) in [5, 5.41) is 10.9. The number of urea groups is 1. The van der Waals surface area contributed by atoms with Crippen LogP contribution in [-0.4, -0.2) is 42.7 Å². The maximum absolute atomic E-state index is 12.9. The van der Waals surface area contributed by atoms with Crippen molar-refractivity contribution in [2.75, 3.05) is 30.9 Å². The van der Waals surface area contributed by atoms with Crippen molar-refractivity contribution in [2.24, 2.45) is 5.92 Å². The van der Waals surface area contributed by atoms with Gasteiger partial charge in [0.15, 0.2) is 0 Å². The number of aromatic nitrogens is 2. The number of rotatable bonds is 8. The van der Waals surface area contributed by atoms with Gasteiger partial charge in [-0.25, -0.2) is 9.78 Å². The summed E-state index contributed by atoms with van der Waals surface area (Å²) >= 11 is 0. The van der Waals surface area contributed by atoms with Crippen LogP contribution in [0.4, 0.5) is 16.6 Å². The Morgan fingerprint density at radius 1 is 0.842 bits per heavy atom. The molecule has 3 N–H and O–H groups in total. The second-order valence-corrected chi connectivity index (χ2v) is 10.3.